The van der Waals surface area contributed by atoms with E-state index in [1.54, 1.807) is 21.3 Å². The van der Waals surface area contributed by atoms with Crippen molar-refractivity contribution in [2.45, 2.75) is 111 Å². The van der Waals surface area contributed by atoms with Gasteiger partial charge >= 0.3 is 0 Å². The van der Waals surface area contributed by atoms with E-state index in [1.165, 1.54) is 37.2 Å². The van der Waals surface area contributed by atoms with Gasteiger partial charge in [0.05, 0.1) is 93.1 Å². The van der Waals surface area contributed by atoms with E-state index in [0.717, 1.165) is 137 Å². The zero-order valence-electron chi connectivity index (χ0n) is 67.7. The minimum absolute atomic E-state index is 0.0510. The van der Waals surface area contributed by atoms with E-state index in [2.05, 4.69) is 162 Å². The molecule has 14 rings (SSSR count). The molecular weight excluding hydrogens is 1490 g/mol. The number of morpholine rings is 1. The van der Waals surface area contributed by atoms with Gasteiger partial charge < -0.3 is 73.9 Å². The average Bonchev–Trinajstić information content (AvgIpc) is 1.81. The van der Waals surface area contributed by atoms with Gasteiger partial charge in [0.2, 0.25) is 35.6 Å². The Kier molecular flexibility index (Phi) is 30.6. The van der Waals surface area contributed by atoms with Gasteiger partial charge in [-0.25, -0.2) is 15.0 Å². The number of amides is 3. The van der Waals surface area contributed by atoms with Crippen molar-refractivity contribution in [1.29, 1.82) is 0 Å². The molecule has 0 unspecified atom stereocenters. The van der Waals surface area contributed by atoms with Gasteiger partial charge in [0.1, 0.15) is 47.1 Å². The van der Waals surface area contributed by atoms with Crippen molar-refractivity contribution in [3.8, 4) is 23.0 Å². The number of hydrogen-bond acceptors (Lipinski definition) is 27. The molecule has 5 saturated heterocycles. The summed E-state index contributed by atoms with van der Waals surface area (Å²) in [6, 6.07) is 48.7. The highest BCUT2D eigenvalue weighted by Crippen LogP contribution is 2.25. The Morgan fingerprint density at radius 2 is 0.744 bits per heavy atom. The minimum Gasteiger partial charge on any atom is -0.497 e. The maximum Gasteiger partial charge on any atom is 0.230 e. The quantitative estimate of drug-likeness (QED) is 0.0316. The molecule has 0 bridgehead atoms. The largest absolute Gasteiger partial charge is 0.497 e. The second kappa shape index (κ2) is 42.5. The number of carbonyl (C=O) groups is 6. The van der Waals surface area contributed by atoms with Gasteiger partial charge in [-0.3, -0.25) is 28.8 Å². The molecule has 5 aliphatic rings. The number of nitrogens with one attached hydrogen (secondary N) is 3. The van der Waals surface area contributed by atoms with Gasteiger partial charge in [-0.05, 0) is 146 Å². The first-order valence-electron chi connectivity index (χ1n) is 40.0. The number of piperazine rings is 1. The maximum absolute atomic E-state index is 12.2. The van der Waals surface area contributed by atoms with E-state index in [4.69, 9.17) is 23.7 Å². The van der Waals surface area contributed by atoms with Crippen molar-refractivity contribution in [3.63, 3.8) is 0 Å². The topological polar surface area (TPSA) is 323 Å². The number of Topliss-reactive ketones (excluding diaryl/α,β-unsaturated/α-hetero) is 3. The Bertz CT molecular complexity index is 4780. The van der Waals surface area contributed by atoms with Crippen LogP contribution < -0.4 is 44.7 Å². The second-order valence-corrected chi connectivity index (χ2v) is 29.2. The Labute approximate surface area is 683 Å². The van der Waals surface area contributed by atoms with Crippen LogP contribution >= 0.6 is 0 Å². The summed E-state index contributed by atoms with van der Waals surface area (Å²) in [6.07, 6.45) is 3.97. The number of ketones is 3. The third-order valence-electron chi connectivity index (χ3n) is 20.7. The Balaban J connectivity index is 0.000000162. The number of methoxy groups -OCH3 is 3. The summed E-state index contributed by atoms with van der Waals surface area (Å²) in [5.74, 6) is 7.08. The number of ether oxygens (including phenoxy) is 5. The van der Waals surface area contributed by atoms with Crippen LogP contribution in [-0.2, 0) is 111 Å². The van der Waals surface area contributed by atoms with Crippen molar-refractivity contribution in [2.75, 3.05) is 152 Å². The summed E-state index contributed by atoms with van der Waals surface area (Å²) < 4.78 is 27.1. The first-order chi connectivity index (χ1) is 56.9. The van der Waals surface area contributed by atoms with Gasteiger partial charge in [-0.2, -0.15) is 29.9 Å². The van der Waals surface area contributed by atoms with Crippen molar-refractivity contribution >= 4 is 64.3 Å². The maximum atomic E-state index is 12.2. The van der Waals surface area contributed by atoms with E-state index >= 15 is 0 Å². The van der Waals surface area contributed by atoms with Crippen molar-refractivity contribution in [2.24, 2.45) is 0 Å². The van der Waals surface area contributed by atoms with E-state index in [9.17, 15) is 28.8 Å². The summed E-state index contributed by atoms with van der Waals surface area (Å²) in [6.45, 7) is 17.8. The molecule has 0 saturated carbocycles. The summed E-state index contributed by atoms with van der Waals surface area (Å²) in [5.41, 5.74) is 9.15. The second-order valence-electron chi connectivity index (χ2n) is 29.2. The highest BCUT2D eigenvalue weighted by Gasteiger charge is 2.31. The standard InChI is InChI=1S/C30H38N6O4.C29H35N7O3.C28H32N6O4/c1-4-35(5-2)16-17-40-26-13-6-22(7-14-26)10-15-27-32-28(21-36-20-24(37)18-29(36)38)34-30(33-27)31-19-23-8-11-25(39-3)12-9-23;1-34-13-15-35(16-14-34)23-8-3-21(4-9-23)7-12-26-31-27(20-36-19-24(37)17-28(36)38)33-29(32-26)30-18-22-5-10-25(39-2)11-6-22;1-37-24-8-5-21(6-9-24)17-29-28-31-25(30-26(32-28)19-34-18-23(35)16-27(34)36)10-7-20-3-2-4-22(15-20)33-11-13-38-14-12-33/h6-9,11-14H,4-5,10,15-21H2,1-3H3,(H,31,32,33,34);3-6,8-11H,7,12-20H2,1-2H3,(H,30,31,32,33);2-6,8-9,15H,7,10-14,16-19H2,1H3,(H,29,30,31,32). The molecule has 0 aliphatic carbocycles. The fraction of sp³-hybridized carbons (Fsp3) is 0.414. The molecule has 3 N–H and O–H groups in total. The van der Waals surface area contributed by atoms with Crippen LogP contribution in [0, 0.1) is 0 Å². The molecule has 30 nitrogen and oxygen atoms in total. The summed E-state index contributed by atoms with van der Waals surface area (Å²) in [5, 5.41) is 9.84. The molecule has 30 heteroatoms. The van der Waals surface area contributed by atoms with Crippen molar-refractivity contribution in [3.05, 3.63) is 214 Å². The van der Waals surface area contributed by atoms with Gasteiger partial charge in [0.15, 0.2) is 34.8 Å². The molecule has 8 heterocycles. The molecule has 614 valence electrons. The number of likely N-dealkylation sites (N-methyl/N-ethyl adjacent to an activating group) is 2. The zero-order valence-corrected chi connectivity index (χ0v) is 67.7. The molecule has 9 aromatic rings. The van der Waals surface area contributed by atoms with Crippen LogP contribution in [0.5, 0.6) is 23.0 Å². The summed E-state index contributed by atoms with van der Waals surface area (Å²) >= 11 is 0. The van der Waals surface area contributed by atoms with E-state index in [1.807, 2.05) is 84.9 Å². The Morgan fingerprint density at radius 3 is 1.12 bits per heavy atom. The summed E-state index contributed by atoms with van der Waals surface area (Å²) in [7, 11) is 7.08. The number of hydrogen-bond donors (Lipinski definition) is 3. The van der Waals surface area contributed by atoms with Crippen LogP contribution in [0.1, 0.15) is 101 Å². The molecule has 117 heavy (non-hydrogen) atoms. The lowest BCUT2D eigenvalue weighted by atomic mass is 10.1. The first kappa shape index (κ1) is 84.3. The van der Waals surface area contributed by atoms with E-state index in [-0.39, 0.29) is 93.6 Å². The van der Waals surface area contributed by atoms with E-state index in [0.29, 0.717) is 98.3 Å². The normalized spacial score (nSPS) is 15.0. The number of anilines is 5. The van der Waals surface area contributed by atoms with Crippen LogP contribution in [0.25, 0.3) is 0 Å². The first-order valence-corrected chi connectivity index (χ1v) is 40.0. The molecule has 0 spiro atoms. The lowest BCUT2D eigenvalue weighted by molar-refractivity contribution is -0.129. The molecule has 5 fully saturated rings. The van der Waals surface area contributed by atoms with Crippen LogP contribution in [0.4, 0.5) is 29.2 Å². The Morgan fingerprint density at radius 1 is 0.385 bits per heavy atom. The molecule has 0 radical (unpaired) electrons. The van der Waals surface area contributed by atoms with Crippen LogP contribution in [-0.4, -0.2) is 231 Å². The number of nitrogens with zero attached hydrogens (tertiary/aromatic N) is 16. The summed E-state index contributed by atoms with van der Waals surface area (Å²) in [4.78, 5) is 127. The monoisotopic (exact) mass is 1590 g/mol. The van der Waals surface area contributed by atoms with Crippen molar-refractivity contribution in [1.82, 2.24) is 69.4 Å². The van der Waals surface area contributed by atoms with Crippen LogP contribution in [0.3, 0.4) is 0 Å². The van der Waals surface area contributed by atoms with Crippen molar-refractivity contribution < 1.29 is 52.5 Å². The van der Waals surface area contributed by atoms with Gasteiger partial charge in [0, 0.05) is 96.1 Å². The average molecular weight is 1590 g/mol. The lowest BCUT2D eigenvalue weighted by Gasteiger charge is -2.34. The fourth-order valence-corrected chi connectivity index (χ4v) is 13.8. The smallest absolute Gasteiger partial charge is 0.230 e. The number of likely N-dealkylation sites (tertiary alicyclic amines) is 3. The van der Waals surface area contributed by atoms with Gasteiger partial charge in [-0.15, -0.1) is 0 Å². The lowest BCUT2D eigenvalue weighted by Crippen LogP contribution is -2.44. The molecule has 5 aliphatic heterocycles. The fourth-order valence-electron chi connectivity index (χ4n) is 13.8. The van der Waals surface area contributed by atoms with Gasteiger partial charge in [-0.1, -0.05) is 86.6 Å². The Hall–Kier alpha value is -12.2. The van der Waals surface area contributed by atoms with Crippen LogP contribution in [0.15, 0.2) is 146 Å². The SMILES string of the molecule is CCN(CC)CCOc1ccc(CCc2nc(CN3CC(=O)CC3=O)nc(NCc3ccc(OC)cc3)n2)cc1.COc1ccc(CNc2nc(CCc3ccc(N4CCN(C)CC4)cc3)nc(CN3CC(=O)CC3=O)n2)cc1.COc1ccc(CNc2nc(CCc3cccc(N4CCOCC4)c3)nc(CN3CC(=O)CC3=O)n2)cc1. The molecule has 3 aromatic heterocycles. The highest BCUT2D eigenvalue weighted by atomic mass is 16.5. The molecule has 0 atom stereocenters. The zero-order chi connectivity index (χ0) is 81.8. The molecular formula is C87H105N19O11. The van der Waals surface area contributed by atoms with Crippen LogP contribution in [0.2, 0.25) is 0 Å². The third-order valence-corrected chi connectivity index (χ3v) is 20.7. The third kappa shape index (κ3) is 25.9. The predicted molar refractivity (Wildman–Crippen MR) is 443 cm³/mol. The number of carbonyl (C=O) groups excluding carboxylic acids is 6. The minimum atomic E-state index is -0.195. The predicted octanol–water partition coefficient (Wildman–Crippen LogP) is 8.05. The number of aromatic nitrogens is 9. The number of rotatable bonds is 35. The van der Waals surface area contributed by atoms with Gasteiger partial charge in [0.25, 0.3) is 0 Å². The number of aryl methyl sites for hydroxylation is 6. The number of benzene rings is 6. The molecule has 6 aromatic carbocycles. The highest BCUT2D eigenvalue weighted by molar-refractivity contribution is 6.06. The molecule has 3 amide bonds. The van der Waals surface area contributed by atoms with E-state index < -0.39 is 0 Å².